The molecule has 27 heavy (non-hydrogen) atoms. The molecular formula is C18H21F3N4O2. The van der Waals surface area contributed by atoms with Crippen LogP contribution >= 0.6 is 0 Å². The van der Waals surface area contributed by atoms with Crippen LogP contribution in [-0.2, 0) is 17.5 Å². The minimum absolute atomic E-state index is 0.220. The number of nitrogens with zero attached hydrogens (tertiary/aromatic N) is 2. The summed E-state index contributed by atoms with van der Waals surface area (Å²) in [5, 5.41) is 8.60. The Bertz CT molecular complexity index is 843. The number of rotatable bonds is 4. The van der Waals surface area contributed by atoms with Crippen molar-refractivity contribution in [2.24, 2.45) is 0 Å². The fourth-order valence-corrected chi connectivity index (χ4v) is 3.72. The minimum atomic E-state index is -4.44. The molecule has 146 valence electrons. The van der Waals surface area contributed by atoms with E-state index in [0.717, 1.165) is 29.9 Å². The lowest BCUT2D eigenvalue weighted by Gasteiger charge is -2.29. The van der Waals surface area contributed by atoms with E-state index in [4.69, 9.17) is 0 Å². The molecule has 2 atom stereocenters. The SMILES string of the molecule is O=C(Cn1cn[nH]c1=O)N[C@@H]1CCCCC[C@@H]1c1ccccc1C(F)(F)F. The summed E-state index contributed by atoms with van der Waals surface area (Å²) in [4.78, 5) is 23.8. The van der Waals surface area contributed by atoms with Crippen LogP contribution in [0.4, 0.5) is 13.2 Å². The third kappa shape index (κ3) is 4.58. The van der Waals surface area contributed by atoms with Crippen molar-refractivity contribution in [2.75, 3.05) is 0 Å². The van der Waals surface area contributed by atoms with Gasteiger partial charge in [-0.05, 0) is 24.5 Å². The van der Waals surface area contributed by atoms with Crippen LogP contribution in [-0.4, -0.2) is 26.7 Å². The van der Waals surface area contributed by atoms with Crippen molar-refractivity contribution in [2.45, 2.75) is 56.8 Å². The molecule has 0 aliphatic heterocycles. The molecule has 0 radical (unpaired) electrons. The van der Waals surface area contributed by atoms with Crippen LogP contribution in [0.2, 0.25) is 0 Å². The Balaban J connectivity index is 1.83. The minimum Gasteiger partial charge on any atom is -0.351 e. The summed E-state index contributed by atoms with van der Waals surface area (Å²) in [6, 6.07) is 5.15. The highest BCUT2D eigenvalue weighted by atomic mass is 19.4. The Morgan fingerprint density at radius 1 is 1.22 bits per heavy atom. The summed E-state index contributed by atoms with van der Waals surface area (Å²) < 4.78 is 41.5. The van der Waals surface area contributed by atoms with Crippen molar-refractivity contribution in [1.29, 1.82) is 0 Å². The zero-order chi connectivity index (χ0) is 19.4. The van der Waals surface area contributed by atoms with Gasteiger partial charge in [-0.3, -0.25) is 9.36 Å². The van der Waals surface area contributed by atoms with Crippen LogP contribution in [0.25, 0.3) is 0 Å². The normalized spacial score (nSPS) is 20.9. The number of hydrogen-bond acceptors (Lipinski definition) is 3. The highest BCUT2D eigenvalue weighted by Gasteiger charge is 2.37. The quantitative estimate of drug-likeness (QED) is 0.798. The van der Waals surface area contributed by atoms with E-state index in [2.05, 4.69) is 15.5 Å². The van der Waals surface area contributed by atoms with E-state index in [9.17, 15) is 22.8 Å². The molecule has 1 aromatic heterocycles. The van der Waals surface area contributed by atoms with Gasteiger partial charge in [-0.2, -0.15) is 18.3 Å². The van der Waals surface area contributed by atoms with Crippen LogP contribution in [0.1, 0.15) is 49.1 Å². The van der Waals surface area contributed by atoms with E-state index in [-0.39, 0.29) is 12.1 Å². The molecule has 1 fully saturated rings. The second-order valence-corrected chi connectivity index (χ2v) is 6.79. The Morgan fingerprint density at radius 2 is 1.96 bits per heavy atom. The summed E-state index contributed by atoms with van der Waals surface area (Å²) in [6.45, 7) is -0.223. The first-order chi connectivity index (χ1) is 12.9. The lowest BCUT2D eigenvalue weighted by Crippen LogP contribution is -2.41. The molecule has 0 saturated heterocycles. The number of alkyl halides is 3. The zero-order valence-electron chi connectivity index (χ0n) is 14.6. The number of nitrogens with one attached hydrogen (secondary N) is 2. The van der Waals surface area contributed by atoms with Crippen molar-refractivity contribution in [3.8, 4) is 0 Å². The second kappa shape index (κ2) is 7.98. The molecule has 0 unspecified atom stereocenters. The number of amides is 1. The zero-order valence-corrected chi connectivity index (χ0v) is 14.6. The van der Waals surface area contributed by atoms with Gasteiger partial charge in [-0.1, -0.05) is 37.5 Å². The van der Waals surface area contributed by atoms with Crippen LogP contribution in [0.15, 0.2) is 35.4 Å². The van der Waals surface area contributed by atoms with Crippen molar-refractivity contribution in [1.82, 2.24) is 20.1 Å². The van der Waals surface area contributed by atoms with Gasteiger partial charge in [-0.15, -0.1) is 0 Å². The Kier molecular flexibility index (Phi) is 5.67. The van der Waals surface area contributed by atoms with Gasteiger partial charge in [0, 0.05) is 12.0 Å². The van der Waals surface area contributed by atoms with Gasteiger partial charge in [0.2, 0.25) is 5.91 Å². The second-order valence-electron chi connectivity index (χ2n) is 6.79. The summed E-state index contributed by atoms with van der Waals surface area (Å²) in [5.41, 5.74) is -0.940. The standard InChI is InChI=1S/C18H21F3N4O2/c19-18(20,21)14-8-5-4-6-12(14)13-7-2-1-3-9-15(13)23-16(26)10-25-11-22-24-17(25)27/h4-6,8,11,13,15H,1-3,7,9-10H2,(H,23,26)(H,24,27)/t13-,15-/m1/s1. The molecule has 3 rings (SSSR count). The maximum atomic E-state index is 13.5. The molecule has 1 aliphatic rings. The molecule has 1 saturated carbocycles. The molecule has 2 aromatic rings. The molecule has 1 heterocycles. The number of aromatic nitrogens is 3. The van der Waals surface area contributed by atoms with Gasteiger partial charge >= 0.3 is 11.9 Å². The first-order valence-electron chi connectivity index (χ1n) is 8.91. The number of aromatic amines is 1. The van der Waals surface area contributed by atoms with Gasteiger partial charge in [0.15, 0.2) is 0 Å². The van der Waals surface area contributed by atoms with Gasteiger partial charge in [0.1, 0.15) is 12.9 Å². The van der Waals surface area contributed by atoms with Crippen LogP contribution in [0.3, 0.4) is 0 Å². The molecule has 9 heteroatoms. The van der Waals surface area contributed by atoms with Gasteiger partial charge in [0.05, 0.1) is 5.56 Å². The first-order valence-corrected chi connectivity index (χ1v) is 8.91. The van der Waals surface area contributed by atoms with Gasteiger partial charge in [0.25, 0.3) is 0 Å². The maximum absolute atomic E-state index is 13.5. The molecule has 2 N–H and O–H groups in total. The maximum Gasteiger partial charge on any atom is 0.416 e. The van der Waals surface area contributed by atoms with Gasteiger partial charge < -0.3 is 5.32 Å². The summed E-state index contributed by atoms with van der Waals surface area (Å²) >= 11 is 0. The molecule has 0 bridgehead atoms. The van der Waals surface area contributed by atoms with Crippen LogP contribution < -0.4 is 11.0 Å². The van der Waals surface area contributed by atoms with Crippen LogP contribution in [0.5, 0.6) is 0 Å². The Morgan fingerprint density at radius 3 is 2.67 bits per heavy atom. The number of halogens is 3. The molecule has 6 nitrogen and oxygen atoms in total. The average Bonchev–Trinajstić information content (AvgIpc) is 2.88. The fraction of sp³-hybridized carbons (Fsp3) is 0.500. The van der Waals surface area contributed by atoms with E-state index < -0.39 is 35.3 Å². The average molecular weight is 382 g/mol. The van der Waals surface area contributed by atoms with Crippen molar-refractivity contribution in [3.05, 3.63) is 52.2 Å². The van der Waals surface area contributed by atoms with Gasteiger partial charge in [-0.25, -0.2) is 9.89 Å². The first kappa shape index (κ1) is 19.2. The third-order valence-corrected chi connectivity index (χ3v) is 4.96. The highest BCUT2D eigenvalue weighted by molar-refractivity contribution is 5.76. The lowest BCUT2D eigenvalue weighted by molar-refractivity contribution is -0.138. The summed E-state index contributed by atoms with van der Waals surface area (Å²) in [6.07, 6.45) is 0.504. The van der Waals surface area contributed by atoms with E-state index in [0.29, 0.717) is 12.8 Å². The molecule has 1 amide bonds. The Hall–Kier alpha value is -2.58. The smallest absolute Gasteiger partial charge is 0.351 e. The number of carbonyl (C=O) groups excluding carboxylic acids is 1. The van der Waals surface area contributed by atoms with Crippen LogP contribution in [0, 0.1) is 0 Å². The van der Waals surface area contributed by atoms with Crippen molar-refractivity contribution >= 4 is 5.91 Å². The topological polar surface area (TPSA) is 79.8 Å². The van der Waals surface area contributed by atoms with Crippen molar-refractivity contribution in [3.63, 3.8) is 0 Å². The van der Waals surface area contributed by atoms with E-state index in [1.54, 1.807) is 6.07 Å². The van der Waals surface area contributed by atoms with E-state index >= 15 is 0 Å². The number of benzene rings is 1. The predicted molar refractivity (Wildman–Crippen MR) is 92.0 cm³/mol. The Labute approximate surface area is 153 Å². The number of hydrogen-bond donors (Lipinski definition) is 2. The lowest BCUT2D eigenvalue weighted by atomic mass is 9.84. The predicted octanol–water partition coefficient (Wildman–Crippen LogP) is 2.82. The number of carbonyl (C=O) groups is 1. The number of H-pyrrole nitrogens is 1. The fourth-order valence-electron chi connectivity index (χ4n) is 3.72. The molecule has 1 aromatic carbocycles. The monoisotopic (exact) mass is 382 g/mol. The summed E-state index contributed by atoms with van der Waals surface area (Å²) in [7, 11) is 0. The van der Waals surface area contributed by atoms with E-state index in [1.165, 1.54) is 18.5 Å². The third-order valence-electron chi connectivity index (χ3n) is 4.96. The largest absolute Gasteiger partial charge is 0.416 e. The highest BCUT2D eigenvalue weighted by Crippen LogP contribution is 2.40. The summed E-state index contributed by atoms with van der Waals surface area (Å²) in [5.74, 6) is -0.838. The van der Waals surface area contributed by atoms with E-state index in [1.807, 2.05) is 0 Å². The molecule has 0 spiro atoms. The molecular weight excluding hydrogens is 361 g/mol. The molecule has 1 aliphatic carbocycles. The van der Waals surface area contributed by atoms with Crippen molar-refractivity contribution < 1.29 is 18.0 Å².